The molecule has 1 N–H and O–H groups in total. The van der Waals surface area contributed by atoms with Gasteiger partial charge >= 0.3 is 0 Å². The van der Waals surface area contributed by atoms with Crippen LogP contribution >= 0.6 is 0 Å². The van der Waals surface area contributed by atoms with Crippen molar-refractivity contribution in [3.05, 3.63) is 60.4 Å². The second kappa shape index (κ2) is 6.53. The predicted molar refractivity (Wildman–Crippen MR) is 112 cm³/mol. The first-order valence-electron chi connectivity index (χ1n) is 9.45. The zero-order valence-corrected chi connectivity index (χ0v) is 16.7. The molecule has 1 aliphatic heterocycles. The van der Waals surface area contributed by atoms with Gasteiger partial charge in [0.1, 0.15) is 5.82 Å². The molecule has 0 amide bonds. The second-order valence-corrected chi connectivity index (χ2v) is 9.19. The van der Waals surface area contributed by atoms with Crippen molar-refractivity contribution in [2.75, 3.05) is 18.0 Å². The summed E-state index contributed by atoms with van der Waals surface area (Å²) >= 11 is 0. The molecule has 8 heteroatoms. The smallest absolute Gasteiger partial charge is 0.269 e. The molecular weight excluding hydrogens is 388 g/mol. The molecule has 1 atom stereocenters. The Labute approximate surface area is 168 Å². The summed E-state index contributed by atoms with van der Waals surface area (Å²) < 4.78 is 28.4. The Hall–Kier alpha value is -2.97. The molecule has 4 heterocycles. The summed E-state index contributed by atoms with van der Waals surface area (Å²) in [6.07, 6.45) is 3.53. The fourth-order valence-corrected chi connectivity index (χ4v) is 5.35. The quantitative estimate of drug-likeness (QED) is 0.561. The van der Waals surface area contributed by atoms with E-state index in [2.05, 4.69) is 4.98 Å². The first kappa shape index (κ1) is 18.1. The monoisotopic (exact) mass is 408 g/mol. The number of aliphatic hydroxyl groups is 1. The van der Waals surface area contributed by atoms with Crippen LogP contribution in [0.4, 0.5) is 5.82 Å². The molecule has 0 saturated carbocycles. The van der Waals surface area contributed by atoms with Gasteiger partial charge in [0, 0.05) is 36.3 Å². The topological polar surface area (TPSA) is 88.3 Å². The van der Waals surface area contributed by atoms with Crippen molar-refractivity contribution < 1.29 is 13.5 Å². The largest absolute Gasteiger partial charge is 0.391 e. The summed E-state index contributed by atoms with van der Waals surface area (Å²) in [5.74, 6) is 0.658. The van der Waals surface area contributed by atoms with Gasteiger partial charge in [0.05, 0.1) is 16.5 Å². The van der Waals surface area contributed by atoms with Crippen LogP contribution in [0.15, 0.2) is 59.8 Å². The number of fused-ring (bicyclic) bond motifs is 3. The number of aliphatic hydroxyl groups excluding tert-OH is 1. The van der Waals surface area contributed by atoms with Crippen LogP contribution < -0.4 is 4.90 Å². The van der Waals surface area contributed by atoms with Gasteiger partial charge in [-0.05, 0) is 43.7 Å². The Morgan fingerprint density at radius 1 is 1.07 bits per heavy atom. The molecule has 0 spiro atoms. The first-order valence-corrected chi connectivity index (χ1v) is 10.9. The van der Waals surface area contributed by atoms with Crippen molar-refractivity contribution in [2.24, 2.45) is 0 Å². The zero-order chi connectivity index (χ0) is 20.2. The van der Waals surface area contributed by atoms with Gasteiger partial charge in [0.25, 0.3) is 10.0 Å². The van der Waals surface area contributed by atoms with E-state index in [0.717, 1.165) is 16.3 Å². The number of anilines is 1. The molecule has 0 bridgehead atoms. The van der Waals surface area contributed by atoms with Crippen LogP contribution in [0.3, 0.4) is 0 Å². The number of benzene rings is 1. The second-order valence-electron chi connectivity index (χ2n) is 7.40. The van der Waals surface area contributed by atoms with Crippen molar-refractivity contribution in [1.29, 1.82) is 0 Å². The highest BCUT2D eigenvalue weighted by atomic mass is 32.2. The minimum Gasteiger partial charge on any atom is -0.391 e. The fraction of sp³-hybridized carbons (Fsp3) is 0.238. The third-order valence-corrected chi connectivity index (χ3v) is 7.12. The van der Waals surface area contributed by atoms with E-state index in [4.69, 9.17) is 4.98 Å². The summed E-state index contributed by atoms with van der Waals surface area (Å²) in [5, 5.41) is 11.3. The standard InChI is InChI=1S/C21H20N4O3S/c1-14-2-4-16(5-3-14)29(27,28)25-19-8-10-22-12-18(19)17-6-7-20(23-21(17)25)24-11-9-15(26)13-24/h2-8,10,12,15,26H,9,11,13H2,1H3/t15-/m1/s1. The molecule has 4 aromatic rings. The molecule has 148 valence electrons. The molecule has 5 rings (SSSR count). The van der Waals surface area contributed by atoms with Crippen LogP contribution in [0.2, 0.25) is 0 Å². The molecule has 1 aliphatic rings. The Morgan fingerprint density at radius 2 is 1.86 bits per heavy atom. The lowest BCUT2D eigenvalue weighted by Gasteiger charge is -2.17. The number of β-amino-alcohol motifs (C(OH)–C–C–N with tert-alkyl or cyclic N) is 1. The van der Waals surface area contributed by atoms with Crippen molar-refractivity contribution in [1.82, 2.24) is 13.9 Å². The highest BCUT2D eigenvalue weighted by Gasteiger charge is 2.26. The minimum absolute atomic E-state index is 0.211. The van der Waals surface area contributed by atoms with Gasteiger partial charge < -0.3 is 10.0 Å². The highest BCUT2D eigenvalue weighted by Crippen LogP contribution is 2.33. The lowest BCUT2D eigenvalue weighted by Crippen LogP contribution is -2.22. The summed E-state index contributed by atoms with van der Waals surface area (Å²) in [4.78, 5) is 11.1. The predicted octanol–water partition coefficient (Wildman–Crippen LogP) is 2.70. The maximum atomic E-state index is 13.6. The average molecular weight is 408 g/mol. The van der Waals surface area contributed by atoms with Gasteiger partial charge in [-0.15, -0.1) is 0 Å². The summed E-state index contributed by atoms with van der Waals surface area (Å²) in [6, 6.07) is 12.2. The summed E-state index contributed by atoms with van der Waals surface area (Å²) in [5.41, 5.74) is 1.90. The fourth-order valence-electron chi connectivity index (χ4n) is 3.87. The van der Waals surface area contributed by atoms with Gasteiger partial charge in [-0.2, -0.15) is 0 Å². The van der Waals surface area contributed by atoms with E-state index in [-0.39, 0.29) is 11.0 Å². The van der Waals surface area contributed by atoms with E-state index < -0.39 is 10.0 Å². The number of rotatable bonds is 3. The van der Waals surface area contributed by atoms with Gasteiger partial charge in [0.15, 0.2) is 5.65 Å². The maximum absolute atomic E-state index is 13.6. The molecule has 1 aromatic carbocycles. The summed E-state index contributed by atoms with van der Waals surface area (Å²) in [6.45, 7) is 3.10. The third kappa shape index (κ3) is 2.87. The van der Waals surface area contributed by atoms with Crippen molar-refractivity contribution in [3.8, 4) is 0 Å². The lowest BCUT2D eigenvalue weighted by molar-refractivity contribution is 0.198. The van der Waals surface area contributed by atoms with Gasteiger partial charge in [-0.1, -0.05) is 17.7 Å². The van der Waals surface area contributed by atoms with Gasteiger partial charge in [-0.3, -0.25) is 4.98 Å². The molecule has 0 aliphatic carbocycles. The van der Waals surface area contributed by atoms with Gasteiger partial charge in [-0.25, -0.2) is 17.4 Å². The Kier molecular flexibility index (Phi) is 4.07. The first-order chi connectivity index (χ1) is 13.9. The van der Waals surface area contributed by atoms with E-state index in [9.17, 15) is 13.5 Å². The van der Waals surface area contributed by atoms with Crippen LogP contribution in [0.25, 0.3) is 21.9 Å². The van der Waals surface area contributed by atoms with Crippen LogP contribution in [-0.2, 0) is 10.0 Å². The summed E-state index contributed by atoms with van der Waals surface area (Å²) in [7, 11) is -3.86. The van der Waals surface area contributed by atoms with Crippen LogP contribution in [0.1, 0.15) is 12.0 Å². The van der Waals surface area contributed by atoms with Crippen LogP contribution in [0.5, 0.6) is 0 Å². The molecule has 29 heavy (non-hydrogen) atoms. The van der Waals surface area contributed by atoms with Crippen molar-refractivity contribution in [3.63, 3.8) is 0 Å². The van der Waals surface area contributed by atoms with Crippen molar-refractivity contribution >= 4 is 37.8 Å². The lowest BCUT2D eigenvalue weighted by atomic mass is 10.2. The van der Waals surface area contributed by atoms with E-state index >= 15 is 0 Å². The third-order valence-electron chi connectivity index (χ3n) is 5.41. The Morgan fingerprint density at radius 3 is 2.59 bits per heavy atom. The molecule has 1 saturated heterocycles. The molecule has 1 fully saturated rings. The number of aromatic nitrogens is 3. The normalized spacial score (nSPS) is 17.4. The van der Waals surface area contributed by atoms with E-state index in [1.807, 2.05) is 24.0 Å². The molecule has 0 unspecified atom stereocenters. The van der Waals surface area contributed by atoms with E-state index in [1.165, 1.54) is 3.97 Å². The number of hydrogen-bond acceptors (Lipinski definition) is 6. The van der Waals surface area contributed by atoms with Crippen LogP contribution in [0, 0.1) is 6.92 Å². The van der Waals surface area contributed by atoms with E-state index in [1.54, 1.807) is 42.7 Å². The SMILES string of the molecule is Cc1ccc(S(=O)(=O)n2c3ccncc3c3ccc(N4CC[C@@H](O)C4)nc32)cc1. The maximum Gasteiger partial charge on any atom is 0.269 e. The number of hydrogen-bond donors (Lipinski definition) is 1. The van der Waals surface area contributed by atoms with Crippen LogP contribution in [-0.4, -0.2) is 46.7 Å². The average Bonchev–Trinajstić information content (AvgIpc) is 3.29. The molecule has 7 nitrogen and oxygen atoms in total. The molecule has 3 aromatic heterocycles. The molecular formula is C21H20N4O3S. The Balaban J connectivity index is 1.79. The Bertz CT molecular complexity index is 1330. The number of pyridine rings is 2. The molecule has 0 radical (unpaired) electrons. The van der Waals surface area contributed by atoms with E-state index in [0.29, 0.717) is 36.5 Å². The number of nitrogens with zero attached hydrogens (tertiary/aromatic N) is 4. The van der Waals surface area contributed by atoms with Gasteiger partial charge in [0.2, 0.25) is 0 Å². The highest BCUT2D eigenvalue weighted by molar-refractivity contribution is 7.90. The number of aryl methyl sites for hydroxylation is 1. The van der Waals surface area contributed by atoms with Crippen molar-refractivity contribution in [2.45, 2.75) is 24.3 Å². The minimum atomic E-state index is -3.86. The zero-order valence-electron chi connectivity index (χ0n) is 15.9.